The molecule has 2 N–H and O–H groups in total. The number of aromatic nitrogens is 6. The van der Waals surface area contributed by atoms with Gasteiger partial charge in [0.05, 0.1) is 13.2 Å². The first-order valence-corrected chi connectivity index (χ1v) is 16.9. The fourth-order valence-corrected chi connectivity index (χ4v) is 5.76. The number of phenols is 2. The molecule has 0 aliphatic carbocycles. The van der Waals surface area contributed by atoms with E-state index in [1.807, 2.05) is 74.5 Å². The van der Waals surface area contributed by atoms with Crippen LogP contribution in [0.1, 0.15) is 60.8 Å². The number of ether oxygens (including phenoxy) is 2. The van der Waals surface area contributed by atoms with Crippen LogP contribution in [0.15, 0.2) is 72.8 Å². The number of fused-ring (bicyclic) bond motifs is 2. The highest BCUT2D eigenvalue weighted by molar-refractivity contribution is 5.75. The van der Waals surface area contributed by atoms with Crippen LogP contribution in [0.5, 0.6) is 11.5 Å². The van der Waals surface area contributed by atoms with E-state index in [1.165, 1.54) is 9.59 Å². The lowest BCUT2D eigenvalue weighted by Crippen LogP contribution is -2.09. The molecule has 0 saturated heterocycles. The van der Waals surface area contributed by atoms with Gasteiger partial charge in [0.15, 0.2) is 0 Å². The van der Waals surface area contributed by atoms with Crippen molar-refractivity contribution in [3.63, 3.8) is 0 Å². The molecule has 0 radical (unpaired) electrons. The summed E-state index contributed by atoms with van der Waals surface area (Å²) in [6.45, 7) is 4.28. The number of carbonyl (C=O) groups is 2. The summed E-state index contributed by atoms with van der Waals surface area (Å²) in [5.74, 6) is -0.357. The van der Waals surface area contributed by atoms with Crippen LogP contribution in [0.4, 0.5) is 0 Å². The smallest absolute Gasteiger partial charge is 0.306 e. The molecule has 0 bridgehead atoms. The Balaban J connectivity index is 0.861. The molecule has 6 rings (SSSR count). The average Bonchev–Trinajstić information content (AvgIpc) is 3.75. The Morgan fingerprint density at radius 3 is 1.30 bits per heavy atom. The standard InChI is InChI=1S/C38H40N6O6/c1-25-21-27(23-33(37(25)47)43-39-29-11-5-6-12-30(29)40-43)15-17-35(45)49-19-9-3-4-10-20-50-36(46)18-16-28-22-26(2)38(48)34(24-28)44-41-31-13-7-8-14-32(31)42-44/h5-8,11-14,21-24,47-48H,3-4,9-10,15-20H2,1-2H3. The average molecular weight is 677 g/mol. The molecule has 12 heteroatoms. The van der Waals surface area contributed by atoms with Gasteiger partial charge in [-0.2, -0.15) is 0 Å². The maximum absolute atomic E-state index is 12.4. The highest BCUT2D eigenvalue weighted by Gasteiger charge is 2.15. The zero-order chi connectivity index (χ0) is 35.0. The minimum absolute atomic E-state index is 0.1000. The number of aryl methyl sites for hydroxylation is 4. The van der Waals surface area contributed by atoms with Crippen molar-refractivity contribution < 1.29 is 29.3 Å². The SMILES string of the molecule is Cc1cc(CCC(=O)OCCCCCCOC(=O)CCc2cc(C)c(O)c(-n3nc4ccccc4n3)c2)cc(-n2nc3ccccc3n2)c1O. The Labute approximate surface area is 289 Å². The van der Waals surface area contributed by atoms with Crippen LogP contribution in [-0.4, -0.2) is 65.4 Å². The van der Waals surface area contributed by atoms with E-state index in [4.69, 9.17) is 9.47 Å². The van der Waals surface area contributed by atoms with Gasteiger partial charge in [0.25, 0.3) is 0 Å². The third-order valence-electron chi connectivity index (χ3n) is 8.48. The van der Waals surface area contributed by atoms with E-state index in [2.05, 4.69) is 20.4 Å². The van der Waals surface area contributed by atoms with Gasteiger partial charge in [-0.15, -0.1) is 30.0 Å². The third kappa shape index (κ3) is 8.25. The number of benzene rings is 4. The molecule has 2 heterocycles. The van der Waals surface area contributed by atoms with Gasteiger partial charge in [-0.3, -0.25) is 9.59 Å². The lowest BCUT2D eigenvalue weighted by atomic mass is 10.0. The lowest BCUT2D eigenvalue weighted by Gasteiger charge is -2.10. The number of hydrogen-bond donors (Lipinski definition) is 2. The van der Waals surface area contributed by atoms with Crippen LogP contribution in [0.3, 0.4) is 0 Å². The van der Waals surface area contributed by atoms with E-state index in [0.717, 1.165) is 58.9 Å². The number of nitrogens with zero attached hydrogens (tertiary/aromatic N) is 6. The molecule has 258 valence electrons. The summed E-state index contributed by atoms with van der Waals surface area (Å²) < 4.78 is 10.9. The van der Waals surface area contributed by atoms with Gasteiger partial charge in [0.2, 0.25) is 0 Å². The Morgan fingerprint density at radius 1 is 0.580 bits per heavy atom. The normalized spacial score (nSPS) is 11.3. The molecule has 0 aliphatic heterocycles. The Kier molecular flexibility index (Phi) is 10.7. The van der Waals surface area contributed by atoms with Crippen LogP contribution >= 0.6 is 0 Å². The molecule has 0 saturated carbocycles. The minimum Gasteiger partial charge on any atom is -0.505 e. The number of carbonyl (C=O) groups excluding carboxylic acids is 2. The Morgan fingerprint density at radius 2 is 0.940 bits per heavy atom. The summed E-state index contributed by atoms with van der Waals surface area (Å²) in [6, 6.07) is 22.3. The van der Waals surface area contributed by atoms with E-state index in [9.17, 15) is 19.8 Å². The fraction of sp³-hybridized carbons (Fsp3) is 0.316. The molecule has 0 spiro atoms. The predicted octanol–water partition coefficient (Wildman–Crippen LogP) is 6.39. The molecule has 6 aromatic rings. The molecule has 0 fully saturated rings. The fourth-order valence-electron chi connectivity index (χ4n) is 5.76. The van der Waals surface area contributed by atoms with Gasteiger partial charge in [-0.1, -0.05) is 36.4 Å². The number of esters is 2. The summed E-state index contributed by atoms with van der Waals surface area (Å²) in [5.41, 5.74) is 6.96. The summed E-state index contributed by atoms with van der Waals surface area (Å²) in [6.07, 6.45) is 4.52. The maximum Gasteiger partial charge on any atom is 0.306 e. The second-order valence-electron chi connectivity index (χ2n) is 12.4. The van der Waals surface area contributed by atoms with Crippen molar-refractivity contribution in [1.29, 1.82) is 0 Å². The van der Waals surface area contributed by atoms with E-state index >= 15 is 0 Å². The quantitative estimate of drug-likeness (QED) is 0.0923. The molecule has 0 unspecified atom stereocenters. The van der Waals surface area contributed by atoms with E-state index in [1.54, 1.807) is 12.1 Å². The van der Waals surface area contributed by atoms with Crippen LogP contribution in [-0.2, 0) is 31.9 Å². The van der Waals surface area contributed by atoms with Gasteiger partial charge >= 0.3 is 11.9 Å². The van der Waals surface area contributed by atoms with Gasteiger partial charge < -0.3 is 19.7 Å². The van der Waals surface area contributed by atoms with Crippen molar-refractivity contribution in [2.24, 2.45) is 0 Å². The Bertz CT molecular complexity index is 1920. The number of unbranched alkanes of at least 4 members (excludes halogenated alkanes) is 3. The highest BCUT2D eigenvalue weighted by Crippen LogP contribution is 2.29. The topological polar surface area (TPSA) is 154 Å². The predicted molar refractivity (Wildman–Crippen MR) is 188 cm³/mol. The molecule has 0 aliphatic rings. The number of aromatic hydroxyl groups is 2. The minimum atomic E-state index is -0.278. The number of hydrogen-bond acceptors (Lipinski definition) is 10. The largest absolute Gasteiger partial charge is 0.505 e. The van der Waals surface area contributed by atoms with Crippen molar-refractivity contribution in [2.75, 3.05) is 13.2 Å². The summed E-state index contributed by atoms with van der Waals surface area (Å²) in [7, 11) is 0. The molecule has 12 nitrogen and oxygen atoms in total. The third-order valence-corrected chi connectivity index (χ3v) is 8.48. The van der Waals surface area contributed by atoms with Crippen LogP contribution < -0.4 is 0 Å². The monoisotopic (exact) mass is 676 g/mol. The van der Waals surface area contributed by atoms with Crippen molar-refractivity contribution in [2.45, 2.75) is 65.2 Å². The van der Waals surface area contributed by atoms with E-state index in [-0.39, 0.29) is 36.3 Å². The lowest BCUT2D eigenvalue weighted by molar-refractivity contribution is -0.145. The van der Waals surface area contributed by atoms with Crippen LogP contribution in [0, 0.1) is 13.8 Å². The van der Waals surface area contributed by atoms with E-state index in [0.29, 0.717) is 48.6 Å². The highest BCUT2D eigenvalue weighted by atomic mass is 16.5. The first kappa shape index (κ1) is 34.1. The van der Waals surface area contributed by atoms with Gasteiger partial charge in [-0.25, -0.2) is 0 Å². The van der Waals surface area contributed by atoms with Gasteiger partial charge in [-0.05, 0) is 111 Å². The maximum atomic E-state index is 12.4. The number of phenolic OH excluding ortho intramolecular Hbond substituents is 2. The summed E-state index contributed by atoms with van der Waals surface area (Å²) >= 11 is 0. The van der Waals surface area contributed by atoms with Crippen molar-refractivity contribution in [3.05, 3.63) is 95.1 Å². The molecule has 2 aromatic heterocycles. The zero-order valence-electron chi connectivity index (χ0n) is 28.2. The second-order valence-corrected chi connectivity index (χ2v) is 12.4. The molecular weight excluding hydrogens is 636 g/mol. The molecule has 0 amide bonds. The van der Waals surface area contributed by atoms with Crippen molar-refractivity contribution in [3.8, 4) is 22.9 Å². The molecular formula is C38H40N6O6. The first-order chi connectivity index (χ1) is 24.2. The molecule has 0 atom stereocenters. The van der Waals surface area contributed by atoms with E-state index < -0.39 is 0 Å². The van der Waals surface area contributed by atoms with Crippen molar-refractivity contribution in [1.82, 2.24) is 30.0 Å². The van der Waals surface area contributed by atoms with Crippen molar-refractivity contribution >= 4 is 34.0 Å². The number of rotatable bonds is 15. The second kappa shape index (κ2) is 15.6. The summed E-state index contributed by atoms with van der Waals surface area (Å²) in [4.78, 5) is 27.6. The van der Waals surface area contributed by atoms with Gasteiger partial charge in [0, 0.05) is 12.8 Å². The summed E-state index contributed by atoms with van der Waals surface area (Å²) in [5, 5.41) is 39.1. The molecule has 50 heavy (non-hydrogen) atoms. The molecule has 4 aromatic carbocycles. The van der Waals surface area contributed by atoms with Gasteiger partial charge in [0.1, 0.15) is 44.9 Å². The van der Waals surface area contributed by atoms with Crippen LogP contribution in [0.25, 0.3) is 33.4 Å². The van der Waals surface area contributed by atoms with Crippen LogP contribution in [0.2, 0.25) is 0 Å². The zero-order valence-corrected chi connectivity index (χ0v) is 28.2. The Hall–Kier alpha value is -5.78. The first-order valence-electron chi connectivity index (χ1n) is 16.9.